The zero-order chi connectivity index (χ0) is 21.6. The smallest absolute Gasteiger partial charge is 0.189 e. The average Bonchev–Trinajstić information content (AvgIpc) is 3.05. The normalized spacial score (nSPS) is 21.8. The Balaban J connectivity index is 1.69. The Morgan fingerprint density at radius 1 is 0.900 bits per heavy atom. The van der Waals surface area contributed by atoms with E-state index in [1.54, 1.807) is 0 Å². The van der Waals surface area contributed by atoms with Crippen LogP contribution in [0.2, 0.25) is 18.6 Å². The standard InChI is InChI=1S/C24H33NO3SSi/c1-18(2)30(3,4)28-17-21-22(26-15-19-11-7-5-8-12-19)23(24(29)25-21)27-16-20-13-9-6-10-14-20/h5-14,18,21-23H,15-17H2,1-4H3,(H,25,29). The number of nitrogens with one attached hydrogen (secondary N) is 1. The summed E-state index contributed by atoms with van der Waals surface area (Å²) in [6.45, 7) is 10.6. The van der Waals surface area contributed by atoms with Crippen LogP contribution >= 0.6 is 12.2 Å². The molecule has 30 heavy (non-hydrogen) atoms. The molecule has 0 spiro atoms. The van der Waals surface area contributed by atoms with Gasteiger partial charge in [-0.3, -0.25) is 0 Å². The van der Waals surface area contributed by atoms with Crippen molar-refractivity contribution < 1.29 is 13.9 Å². The second kappa shape index (κ2) is 10.6. The van der Waals surface area contributed by atoms with E-state index in [9.17, 15) is 0 Å². The van der Waals surface area contributed by atoms with Crippen LogP contribution in [0.4, 0.5) is 0 Å². The molecule has 0 bridgehead atoms. The van der Waals surface area contributed by atoms with E-state index in [1.807, 2.05) is 36.4 Å². The number of rotatable bonds is 10. The first-order valence-corrected chi connectivity index (χ1v) is 14.0. The van der Waals surface area contributed by atoms with Crippen LogP contribution in [0.15, 0.2) is 60.7 Å². The Morgan fingerprint density at radius 3 is 1.97 bits per heavy atom. The van der Waals surface area contributed by atoms with E-state index in [0.717, 1.165) is 11.1 Å². The molecule has 0 aromatic heterocycles. The van der Waals surface area contributed by atoms with Crippen LogP contribution in [0.1, 0.15) is 25.0 Å². The predicted octanol–water partition coefficient (Wildman–Crippen LogP) is 5.09. The van der Waals surface area contributed by atoms with Crippen LogP contribution in [0.5, 0.6) is 0 Å². The Kier molecular flexibility index (Phi) is 8.19. The van der Waals surface area contributed by atoms with Crippen LogP contribution in [-0.2, 0) is 27.1 Å². The quantitative estimate of drug-likeness (QED) is 0.409. The molecule has 2 aromatic carbocycles. The van der Waals surface area contributed by atoms with Gasteiger partial charge < -0.3 is 19.2 Å². The minimum atomic E-state index is -1.76. The molecule has 1 fully saturated rings. The van der Waals surface area contributed by atoms with E-state index < -0.39 is 8.32 Å². The third kappa shape index (κ3) is 6.22. The summed E-state index contributed by atoms with van der Waals surface area (Å²) in [5.74, 6) is 0. The SMILES string of the molecule is CC(C)[Si](C)(C)OCC1NC(=S)C(OCc2ccccc2)C1OCc1ccccc1. The molecule has 1 aliphatic rings. The Morgan fingerprint density at radius 2 is 1.43 bits per heavy atom. The molecule has 6 heteroatoms. The first-order valence-electron chi connectivity index (χ1n) is 10.6. The highest BCUT2D eigenvalue weighted by Crippen LogP contribution is 2.25. The van der Waals surface area contributed by atoms with Gasteiger partial charge in [-0.05, 0) is 29.8 Å². The molecule has 1 N–H and O–H groups in total. The molecule has 0 radical (unpaired) electrons. The van der Waals surface area contributed by atoms with Crippen molar-refractivity contribution in [2.75, 3.05) is 6.61 Å². The molecule has 3 rings (SSSR count). The van der Waals surface area contributed by atoms with E-state index in [4.69, 9.17) is 26.1 Å². The van der Waals surface area contributed by atoms with Gasteiger partial charge >= 0.3 is 0 Å². The minimum Gasteiger partial charge on any atom is -0.415 e. The molecular formula is C24H33NO3SSi. The van der Waals surface area contributed by atoms with Gasteiger partial charge in [-0.15, -0.1) is 0 Å². The number of hydrogen-bond acceptors (Lipinski definition) is 4. The van der Waals surface area contributed by atoms with Crippen LogP contribution in [0.25, 0.3) is 0 Å². The zero-order valence-electron chi connectivity index (χ0n) is 18.3. The van der Waals surface area contributed by atoms with Crippen LogP contribution < -0.4 is 5.32 Å². The summed E-state index contributed by atoms with van der Waals surface area (Å²) in [6, 6.07) is 20.3. The van der Waals surface area contributed by atoms with E-state index >= 15 is 0 Å². The molecule has 0 amide bonds. The Bertz CT molecular complexity index is 801. The van der Waals surface area contributed by atoms with Gasteiger partial charge in [0.15, 0.2) is 8.32 Å². The van der Waals surface area contributed by atoms with Crippen molar-refractivity contribution in [1.29, 1.82) is 0 Å². The molecule has 1 saturated heterocycles. The van der Waals surface area contributed by atoms with Crippen molar-refractivity contribution in [2.24, 2.45) is 0 Å². The van der Waals surface area contributed by atoms with Crippen molar-refractivity contribution in [3.05, 3.63) is 71.8 Å². The maximum atomic E-state index is 6.40. The van der Waals surface area contributed by atoms with Gasteiger partial charge in [0.1, 0.15) is 17.2 Å². The number of hydrogen-bond donors (Lipinski definition) is 1. The number of ether oxygens (including phenoxy) is 2. The van der Waals surface area contributed by atoms with Gasteiger partial charge in [-0.1, -0.05) is 86.7 Å². The second-order valence-corrected chi connectivity index (χ2v) is 13.8. The fourth-order valence-corrected chi connectivity index (χ4v) is 4.51. The van der Waals surface area contributed by atoms with Crippen molar-refractivity contribution in [2.45, 2.75) is 63.9 Å². The van der Waals surface area contributed by atoms with Gasteiger partial charge in [-0.25, -0.2) is 0 Å². The van der Waals surface area contributed by atoms with Gasteiger partial charge in [0.05, 0.1) is 25.9 Å². The fraction of sp³-hybridized carbons (Fsp3) is 0.458. The highest BCUT2D eigenvalue weighted by molar-refractivity contribution is 7.80. The summed E-state index contributed by atoms with van der Waals surface area (Å²) in [5, 5.41) is 3.42. The molecule has 1 aliphatic heterocycles. The average molecular weight is 444 g/mol. The molecule has 1 heterocycles. The number of benzene rings is 2. The predicted molar refractivity (Wildman–Crippen MR) is 128 cm³/mol. The third-order valence-corrected chi connectivity index (χ3v) is 9.91. The molecule has 2 aromatic rings. The molecule has 162 valence electrons. The van der Waals surface area contributed by atoms with Crippen LogP contribution in [0.3, 0.4) is 0 Å². The summed E-state index contributed by atoms with van der Waals surface area (Å²) in [4.78, 5) is 0.696. The first-order chi connectivity index (χ1) is 14.4. The van der Waals surface area contributed by atoms with Gasteiger partial charge in [0.25, 0.3) is 0 Å². The maximum absolute atomic E-state index is 6.40. The first kappa shape index (κ1) is 23.1. The number of thiocarbonyl (C=S) groups is 1. The Hall–Kier alpha value is -1.57. The largest absolute Gasteiger partial charge is 0.415 e. The summed E-state index contributed by atoms with van der Waals surface area (Å²) < 4.78 is 19.0. The summed E-state index contributed by atoms with van der Waals surface area (Å²) in [6.07, 6.45) is -0.486. The molecule has 4 nitrogen and oxygen atoms in total. The molecule has 0 aliphatic carbocycles. The topological polar surface area (TPSA) is 39.7 Å². The highest BCUT2D eigenvalue weighted by Gasteiger charge is 2.42. The molecule has 3 atom stereocenters. The van der Waals surface area contributed by atoms with E-state index in [2.05, 4.69) is 56.5 Å². The van der Waals surface area contributed by atoms with Crippen LogP contribution in [0, 0.1) is 0 Å². The summed E-state index contributed by atoms with van der Waals surface area (Å²) in [5.41, 5.74) is 2.79. The fourth-order valence-electron chi connectivity index (χ4n) is 3.22. The zero-order valence-corrected chi connectivity index (χ0v) is 20.2. The summed E-state index contributed by atoms with van der Waals surface area (Å²) >= 11 is 5.64. The minimum absolute atomic E-state index is 0.0208. The monoisotopic (exact) mass is 443 g/mol. The van der Waals surface area contributed by atoms with Crippen molar-refractivity contribution in [1.82, 2.24) is 5.32 Å². The molecule has 0 saturated carbocycles. The third-order valence-electron chi connectivity index (χ3n) is 5.86. The lowest BCUT2D eigenvalue weighted by Gasteiger charge is -2.30. The highest BCUT2D eigenvalue weighted by atomic mass is 32.1. The van der Waals surface area contributed by atoms with Crippen molar-refractivity contribution in [3.8, 4) is 0 Å². The van der Waals surface area contributed by atoms with Gasteiger partial charge in [0, 0.05) is 0 Å². The Labute approximate surface area is 187 Å². The van der Waals surface area contributed by atoms with E-state index in [1.165, 1.54) is 0 Å². The van der Waals surface area contributed by atoms with E-state index in [-0.39, 0.29) is 18.2 Å². The van der Waals surface area contributed by atoms with Gasteiger partial charge in [0.2, 0.25) is 0 Å². The van der Waals surface area contributed by atoms with Crippen molar-refractivity contribution in [3.63, 3.8) is 0 Å². The lowest BCUT2D eigenvalue weighted by Crippen LogP contribution is -2.44. The van der Waals surface area contributed by atoms with E-state index in [0.29, 0.717) is 30.4 Å². The van der Waals surface area contributed by atoms with Gasteiger partial charge in [-0.2, -0.15) is 0 Å². The lowest BCUT2D eigenvalue weighted by molar-refractivity contribution is -0.0609. The molecular weight excluding hydrogens is 410 g/mol. The second-order valence-electron chi connectivity index (χ2n) is 8.66. The maximum Gasteiger partial charge on any atom is 0.189 e. The summed E-state index contributed by atoms with van der Waals surface area (Å²) in [7, 11) is -1.76. The van der Waals surface area contributed by atoms with Crippen LogP contribution in [-0.4, -0.2) is 38.2 Å². The lowest BCUT2D eigenvalue weighted by atomic mass is 10.1. The van der Waals surface area contributed by atoms with Crippen molar-refractivity contribution >= 4 is 25.5 Å². The molecule has 3 unspecified atom stereocenters.